The summed E-state index contributed by atoms with van der Waals surface area (Å²) >= 11 is 5.37. The van der Waals surface area contributed by atoms with Gasteiger partial charge in [-0.3, -0.25) is 0 Å². The van der Waals surface area contributed by atoms with Crippen molar-refractivity contribution in [3.63, 3.8) is 0 Å². The SMILES string of the molecule is Cc1cccc(N2CCN(C(=S)Nc3ccccc3C(F)(F)F)CC2)c1C. The summed E-state index contributed by atoms with van der Waals surface area (Å²) in [4.78, 5) is 4.22. The number of rotatable bonds is 2. The Hall–Kier alpha value is -2.28. The number of hydrogen-bond donors (Lipinski definition) is 1. The zero-order valence-electron chi connectivity index (χ0n) is 15.3. The van der Waals surface area contributed by atoms with Crippen LogP contribution in [0.3, 0.4) is 0 Å². The van der Waals surface area contributed by atoms with Crippen molar-refractivity contribution in [2.45, 2.75) is 20.0 Å². The van der Waals surface area contributed by atoms with E-state index >= 15 is 0 Å². The monoisotopic (exact) mass is 393 g/mol. The van der Waals surface area contributed by atoms with E-state index in [0.29, 0.717) is 18.2 Å². The molecule has 144 valence electrons. The second-order valence-corrected chi connectivity index (χ2v) is 7.05. The molecule has 2 aromatic rings. The van der Waals surface area contributed by atoms with Crippen LogP contribution in [0.15, 0.2) is 42.5 Å². The fourth-order valence-electron chi connectivity index (χ4n) is 3.26. The van der Waals surface area contributed by atoms with Gasteiger partial charge in [-0.2, -0.15) is 13.2 Å². The van der Waals surface area contributed by atoms with E-state index in [-0.39, 0.29) is 5.69 Å². The van der Waals surface area contributed by atoms with Crippen molar-refractivity contribution in [1.29, 1.82) is 0 Å². The Morgan fingerprint density at radius 1 is 0.963 bits per heavy atom. The summed E-state index contributed by atoms with van der Waals surface area (Å²) in [5.74, 6) is 0. The molecule has 1 aliphatic heterocycles. The predicted octanol–water partition coefficient (Wildman–Crippen LogP) is 4.84. The molecule has 0 saturated carbocycles. The standard InChI is InChI=1S/C20H22F3N3S/c1-14-6-5-9-18(15(14)2)25-10-12-26(13-11-25)19(27)24-17-8-4-3-7-16(17)20(21,22)23/h3-9H,10-13H2,1-2H3,(H,24,27). The third-order valence-electron chi connectivity index (χ3n) is 4.96. The first kappa shape index (κ1) is 19.5. The second kappa shape index (κ2) is 7.76. The number of nitrogens with one attached hydrogen (secondary N) is 1. The highest BCUT2D eigenvalue weighted by molar-refractivity contribution is 7.80. The normalized spacial score (nSPS) is 15.0. The third kappa shape index (κ3) is 4.35. The van der Waals surface area contributed by atoms with Crippen molar-refractivity contribution in [2.24, 2.45) is 0 Å². The van der Waals surface area contributed by atoms with Gasteiger partial charge in [0, 0.05) is 31.9 Å². The van der Waals surface area contributed by atoms with Crippen LogP contribution >= 0.6 is 12.2 Å². The van der Waals surface area contributed by atoms with Gasteiger partial charge in [0.15, 0.2) is 5.11 Å². The first-order chi connectivity index (χ1) is 12.8. The number of hydrogen-bond acceptors (Lipinski definition) is 2. The van der Waals surface area contributed by atoms with Crippen LogP contribution in [-0.2, 0) is 6.18 Å². The van der Waals surface area contributed by atoms with E-state index in [0.717, 1.165) is 19.2 Å². The summed E-state index contributed by atoms with van der Waals surface area (Å²) in [5.41, 5.74) is 2.99. The van der Waals surface area contributed by atoms with Gasteiger partial charge in [-0.05, 0) is 55.4 Å². The lowest BCUT2D eigenvalue weighted by atomic mass is 10.1. The van der Waals surface area contributed by atoms with Crippen LogP contribution in [0, 0.1) is 13.8 Å². The summed E-state index contributed by atoms with van der Waals surface area (Å²) in [6.07, 6.45) is -4.42. The molecule has 3 rings (SSSR count). The Kier molecular flexibility index (Phi) is 5.60. The number of alkyl halides is 3. The number of nitrogens with zero attached hydrogens (tertiary/aromatic N) is 2. The van der Waals surface area contributed by atoms with Crippen LogP contribution in [-0.4, -0.2) is 36.2 Å². The lowest BCUT2D eigenvalue weighted by Gasteiger charge is -2.38. The molecule has 0 bridgehead atoms. The summed E-state index contributed by atoms with van der Waals surface area (Å²) in [5, 5.41) is 3.11. The Morgan fingerprint density at radius 3 is 2.30 bits per heavy atom. The molecule has 1 heterocycles. The molecular weight excluding hydrogens is 371 g/mol. The molecule has 0 spiro atoms. The fraction of sp³-hybridized carbons (Fsp3) is 0.350. The van der Waals surface area contributed by atoms with Crippen LogP contribution in [0.5, 0.6) is 0 Å². The highest BCUT2D eigenvalue weighted by Crippen LogP contribution is 2.34. The van der Waals surface area contributed by atoms with E-state index in [1.807, 2.05) is 11.0 Å². The molecule has 0 aromatic heterocycles. The van der Waals surface area contributed by atoms with E-state index in [4.69, 9.17) is 12.2 Å². The van der Waals surface area contributed by atoms with Crippen molar-refractivity contribution in [3.8, 4) is 0 Å². The number of piperazine rings is 1. The van der Waals surface area contributed by atoms with Gasteiger partial charge in [0.1, 0.15) is 0 Å². The zero-order chi connectivity index (χ0) is 19.6. The molecule has 1 fully saturated rings. The van der Waals surface area contributed by atoms with Gasteiger partial charge >= 0.3 is 6.18 Å². The van der Waals surface area contributed by atoms with E-state index in [1.54, 1.807) is 6.07 Å². The van der Waals surface area contributed by atoms with E-state index in [9.17, 15) is 13.2 Å². The van der Waals surface area contributed by atoms with Gasteiger partial charge in [0.25, 0.3) is 0 Å². The molecule has 0 amide bonds. The van der Waals surface area contributed by atoms with Crippen LogP contribution in [0.1, 0.15) is 16.7 Å². The van der Waals surface area contributed by atoms with E-state index in [1.165, 1.54) is 28.9 Å². The average Bonchev–Trinajstić information content (AvgIpc) is 2.64. The quantitative estimate of drug-likeness (QED) is 0.736. The van der Waals surface area contributed by atoms with Crippen LogP contribution in [0.25, 0.3) is 0 Å². The molecule has 1 N–H and O–H groups in total. The maximum atomic E-state index is 13.1. The number of halogens is 3. The largest absolute Gasteiger partial charge is 0.418 e. The number of thiocarbonyl (C=S) groups is 1. The molecule has 1 aliphatic rings. The van der Waals surface area contributed by atoms with Gasteiger partial charge < -0.3 is 15.1 Å². The summed E-state index contributed by atoms with van der Waals surface area (Å²) in [6, 6.07) is 11.6. The van der Waals surface area contributed by atoms with Crippen molar-refractivity contribution >= 4 is 28.7 Å². The second-order valence-electron chi connectivity index (χ2n) is 6.67. The summed E-state index contributed by atoms with van der Waals surface area (Å²) < 4.78 is 39.4. The first-order valence-electron chi connectivity index (χ1n) is 8.80. The number of para-hydroxylation sites is 1. The lowest BCUT2D eigenvalue weighted by Crippen LogP contribution is -2.50. The van der Waals surface area contributed by atoms with Crippen molar-refractivity contribution in [1.82, 2.24) is 4.90 Å². The van der Waals surface area contributed by atoms with Crippen LogP contribution in [0.4, 0.5) is 24.5 Å². The molecule has 1 saturated heterocycles. The zero-order valence-corrected chi connectivity index (χ0v) is 16.1. The van der Waals surface area contributed by atoms with E-state index in [2.05, 4.69) is 36.2 Å². The first-order valence-corrected chi connectivity index (χ1v) is 9.21. The molecular formula is C20H22F3N3S. The third-order valence-corrected chi connectivity index (χ3v) is 5.32. The Labute approximate surface area is 162 Å². The van der Waals surface area contributed by atoms with Crippen molar-refractivity contribution in [3.05, 3.63) is 59.2 Å². The molecule has 0 unspecified atom stereocenters. The highest BCUT2D eigenvalue weighted by Gasteiger charge is 2.33. The minimum atomic E-state index is -4.42. The van der Waals surface area contributed by atoms with Crippen LogP contribution in [0.2, 0.25) is 0 Å². The Balaban J connectivity index is 1.65. The summed E-state index contributed by atoms with van der Waals surface area (Å²) in [7, 11) is 0. The fourth-order valence-corrected chi connectivity index (χ4v) is 3.55. The van der Waals surface area contributed by atoms with Gasteiger partial charge in [-0.15, -0.1) is 0 Å². The molecule has 27 heavy (non-hydrogen) atoms. The highest BCUT2D eigenvalue weighted by atomic mass is 32.1. The van der Waals surface area contributed by atoms with Gasteiger partial charge in [0.2, 0.25) is 0 Å². The predicted molar refractivity (Wildman–Crippen MR) is 107 cm³/mol. The Bertz CT molecular complexity index is 827. The average molecular weight is 393 g/mol. The minimum absolute atomic E-state index is 0.00745. The Morgan fingerprint density at radius 2 is 1.63 bits per heavy atom. The molecule has 7 heteroatoms. The smallest absolute Gasteiger partial charge is 0.368 e. The molecule has 0 atom stereocenters. The molecule has 0 radical (unpaired) electrons. The van der Waals surface area contributed by atoms with Gasteiger partial charge in [0.05, 0.1) is 11.3 Å². The number of benzene rings is 2. The van der Waals surface area contributed by atoms with E-state index < -0.39 is 11.7 Å². The molecule has 3 nitrogen and oxygen atoms in total. The van der Waals surface area contributed by atoms with Gasteiger partial charge in [-0.1, -0.05) is 24.3 Å². The maximum Gasteiger partial charge on any atom is 0.418 e. The number of aryl methyl sites for hydroxylation is 1. The van der Waals surface area contributed by atoms with Crippen LogP contribution < -0.4 is 10.2 Å². The molecule has 2 aromatic carbocycles. The van der Waals surface area contributed by atoms with Crippen molar-refractivity contribution in [2.75, 3.05) is 36.4 Å². The topological polar surface area (TPSA) is 18.5 Å². The number of anilines is 2. The lowest BCUT2D eigenvalue weighted by molar-refractivity contribution is -0.136. The van der Waals surface area contributed by atoms with Crippen molar-refractivity contribution < 1.29 is 13.2 Å². The summed E-state index contributed by atoms with van der Waals surface area (Å²) in [6.45, 7) is 7.06. The maximum absolute atomic E-state index is 13.1. The molecule has 0 aliphatic carbocycles. The minimum Gasteiger partial charge on any atom is -0.368 e. The van der Waals surface area contributed by atoms with Gasteiger partial charge in [-0.25, -0.2) is 0 Å².